The monoisotopic (exact) mass is 220 g/mol. The first-order chi connectivity index (χ1) is 7.70. The number of carbonyl (C=O) groups excluding carboxylic acids is 1. The molecule has 0 spiro atoms. The van der Waals surface area contributed by atoms with E-state index in [9.17, 15) is 4.79 Å². The number of carbonyl (C=O) groups is 1. The van der Waals surface area contributed by atoms with Crippen molar-refractivity contribution in [2.75, 3.05) is 11.9 Å². The molecule has 16 heavy (non-hydrogen) atoms. The van der Waals surface area contributed by atoms with Gasteiger partial charge in [-0.15, -0.1) is 0 Å². The van der Waals surface area contributed by atoms with Crippen molar-refractivity contribution >= 4 is 11.6 Å². The van der Waals surface area contributed by atoms with Crippen LogP contribution in [0.2, 0.25) is 0 Å². The molecule has 0 saturated heterocycles. The molecule has 86 valence electrons. The molecule has 0 radical (unpaired) electrons. The number of nitrogens with one attached hydrogen (secondary N) is 1. The summed E-state index contributed by atoms with van der Waals surface area (Å²) in [5.41, 5.74) is 7.57. The Morgan fingerprint density at radius 3 is 3.19 bits per heavy atom. The molecular formula is C12H16N2O2. The minimum atomic E-state index is -0.440. The fourth-order valence-corrected chi connectivity index (χ4v) is 1.68. The molecule has 3 N–H and O–H groups in total. The zero-order valence-corrected chi connectivity index (χ0v) is 9.32. The van der Waals surface area contributed by atoms with Crippen LogP contribution in [0.5, 0.6) is 5.75 Å². The fourth-order valence-electron chi connectivity index (χ4n) is 1.68. The van der Waals surface area contributed by atoms with Crippen molar-refractivity contribution in [3.05, 3.63) is 23.8 Å². The van der Waals surface area contributed by atoms with Gasteiger partial charge in [0.05, 0.1) is 12.6 Å². The Morgan fingerprint density at radius 2 is 2.44 bits per heavy atom. The average molecular weight is 220 g/mol. The Morgan fingerprint density at radius 1 is 1.62 bits per heavy atom. The van der Waals surface area contributed by atoms with Gasteiger partial charge in [-0.25, -0.2) is 0 Å². The first-order valence-corrected chi connectivity index (χ1v) is 5.53. The topological polar surface area (TPSA) is 64.4 Å². The number of benzene rings is 1. The molecule has 0 bridgehead atoms. The van der Waals surface area contributed by atoms with Crippen LogP contribution in [0.3, 0.4) is 0 Å². The van der Waals surface area contributed by atoms with E-state index in [4.69, 9.17) is 10.5 Å². The van der Waals surface area contributed by atoms with Crippen LogP contribution in [0.25, 0.3) is 0 Å². The highest BCUT2D eigenvalue weighted by Gasteiger charge is 2.14. The van der Waals surface area contributed by atoms with Crippen LogP contribution < -0.4 is 15.8 Å². The van der Waals surface area contributed by atoms with Gasteiger partial charge in [-0.2, -0.15) is 0 Å². The van der Waals surface area contributed by atoms with Crippen LogP contribution in [-0.2, 0) is 11.2 Å². The lowest BCUT2D eigenvalue weighted by Gasteiger charge is -2.10. The number of hydrogen-bond acceptors (Lipinski definition) is 3. The first-order valence-electron chi connectivity index (χ1n) is 5.53. The molecule has 1 aromatic rings. The highest BCUT2D eigenvalue weighted by molar-refractivity contribution is 5.94. The van der Waals surface area contributed by atoms with Gasteiger partial charge in [0, 0.05) is 12.1 Å². The summed E-state index contributed by atoms with van der Waals surface area (Å²) in [4.78, 5) is 11.6. The van der Waals surface area contributed by atoms with E-state index < -0.39 is 6.04 Å². The smallest absolute Gasteiger partial charge is 0.241 e. The standard InChI is InChI=1S/C12H16N2O2/c1-2-10(13)12(15)14-9-3-4-11-8(7-9)5-6-16-11/h3-4,7,10H,2,5-6,13H2,1H3,(H,14,15)/t10-/m0/s1. The predicted molar refractivity (Wildman–Crippen MR) is 62.5 cm³/mol. The Hall–Kier alpha value is -1.55. The number of amides is 1. The fraction of sp³-hybridized carbons (Fsp3) is 0.417. The normalized spacial score (nSPS) is 15.1. The van der Waals surface area contributed by atoms with Crippen molar-refractivity contribution in [2.45, 2.75) is 25.8 Å². The SMILES string of the molecule is CC[C@H](N)C(=O)Nc1ccc2c(c1)CCO2. The highest BCUT2D eigenvalue weighted by Crippen LogP contribution is 2.27. The summed E-state index contributed by atoms with van der Waals surface area (Å²) in [6.45, 7) is 2.61. The molecular weight excluding hydrogens is 204 g/mol. The molecule has 0 saturated carbocycles. The van der Waals surface area contributed by atoms with Gasteiger partial charge < -0.3 is 15.8 Å². The van der Waals surface area contributed by atoms with E-state index in [2.05, 4.69) is 5.32 Å². The molecule has 1 aliphatic heterocycles. The van der Waals surface area contributed by atoms with Gasteiger partial charge in [0.2, 0.25) is 5.91 Å². The van der Waals surface area contributed by atoms with Crippen LogP contribution in [0.1, 0.15) is 18.9 Å². The Kier molecular flexibility index (Phi) is 3.10. The zero-order chi connectivity index (χ0) is 11.5. The number of ether oxygens (including phenoxy) is 1. The summed E-state index contributed by atoms with van der Waals surface area (Å²) in [6.07, 6.45) is 1.54. The Bertz CT molecular complexity index is 404. The maximum Gasteiger partial charge on any atom is 0.241 e. The molecule has 0 unspecified atom stereocenters. The summed E-state index contributed by atoms with van der Waals surface area (Å²) in [5.74, 6) is 0.777. The molecule has 0 fully saturated rings. The predicted octanol–water partition coefficient (Wildman–Crippen LogP) is 1.30. The summed E-state index contributed by atoms with van der Waals surface area (Å²) in [7, 11) is 0. The third-order valence-electron chi connectivity index (χ3n) is 2.73. The van der Waals surface area contributed by atoms with E-state index in [-0.39, 0.29) is 5.91 Å². The second-order valence-corrected chi connectivity index (χ2v) is 3.92. The van der Waals surface area contributed by atoms with Crippen molar-refractivity contribution in [1.29, 1.82) is 0 Å². The van der Waals surface area contributed by atoms with Crippen molar-refractivity contribution in [2.24, 2.45) is 5.73 Å². The van der Waals surface area contributed by atoms with Crippen molar-refractivity contribution in [1.82, 2.24) is 0 Å². The molecule has 1 aromatic carbocycles. The van der Waals surface area contributed by atoms with Crippen molar-refractivity contribution in [3.63, 3.8) is 0 Å². The van der Waals surface area contributed by atoms with E-state index in [1.54, 1.807) is 0 Å². The number of hydrogen-bond donors (Lipinski definition) is 2. The molecule has 1 heterocycles. The van der Waals surface area contributed by atoms with E-state index >= 15 is 0 Å². The lowest BCUT2D eigenvalue weighted by Crippen LogP contribution is -2.34. The number of rotatable bonds is 3. The first kappa shape index (κ1) is 11.0. The molecule has 1 atom stereocenters. The maximum absolute atomic E-state index is 11.6. The third-order valence-corrected chi connectivity index (χ3v) is 2.73. The zero-order valence-electron chi connectivity index (χ0n) is 9.32. The largest absolute Gasteiger partial charge is 0.493 e. The third kappa shape index (κ3) is 2.17. The molecule has 0 aliphatic carbocycles. The van der Waals surface area contributed by atoms with E-state index in [0.717, 1.165) is 30.0 Å². The molecule has 0 aromatic heterocycles. The maximum atomic E-state index is 11.6. The van der Waals surface area contributed by atoms with Gasteiger partial charge in [0.25, 0.3) is 0 Å². The lowest BCUT2D eigenvalue weighted by molar-refractivity contribution is -0.117. The molecule has 1 amide bonds. The quantitative estimate of drug-likeness (QED) is 0.807. The second-order valence-electron chi connectivity index (χ2n) is 3.92. The lowest BCUT2D eigenvalue weighted by atomic mass is 10.1. The van der Waals surface area contributed by atoms with Gasteiger partial charge in [-0.3, -0.25) is 4.79 Å². The van der Waals surface area contributed by atoms with E-state index in [1.165, 1.54) is 0 Å². The summed E-state index contributed by atoms with van der Waals surface area (Å²) < 4.78 is 5.39. The van der Waals surface area contributed by atoms with Crippen LogP contribution in [0.4, 0.5) is 5.69 Å². The summed E-state index contributed by atoms with van der Waals surface area (Å²) in [5, 5.41) is 2.80. The van der Waals surface area contributed by atoms with Crippen LogP contribution in [0, 0.1) is 0 Å². The second kappa shape index (κ2) is 4.53. The van der Waals surface area contributed by atoms with Gasteiger partial charge in [-0.05, 0) is 30.2 Å². The number of anilines is 1. The van der Waals surface area contributed by atoms with E-state index in [0.29, 0.717) is 6.42 Å². The van der Waals surface area contributed by atoms with Crippen LogP contribution in [0.15, 0.2) is 18.2 Å². The molecule has 1 aliphatic rings. The number of nitrogens with two attached hydrogens (primary N) is 1. The highest BCUT2D eigenvalue weighted by atomic mass is 16.5. The minimum Gasteiger partial charge on any atom is -0.493 e. The molecule has 4 heteroatoms. The molecule has 4 nitrogen and oxygen atoms in total. The molecule has 2 rings (SSSR count). The van der Waals surface area contributed by atoms with Gasteiger partial charge in [-0.1, -0.05) is 6.92 Å². The van der Waals surface area contributed by atoms with E-state index in [1.807, 2.05) is 25.1 Å². The van der Waals surface area contributed by atoms with Crippen molar-refractivity contribution in [3.8, 4) is 5.75 Å². The average Bonchev–Trinajstić information content (AvgIpc) is 2.75. The van der Waals surface area contributed by atoms with Gasteiger partial charge in [0.1, 0.15) is 5.75 Å². The minimum absolute atomic E-state index is 0.138. The summed E-state index contributed by atoms with van der Waals surface area (Å²) >= 11 is 0. The van der Waals surface area contributed by atoms with Crippen LogP contribution in [-0.4, -0.2) is 18.6 Å². The Labute approximate surface area is 94.8 Å². The Balaban J connectivity index is 2.08. The summed E-state index contributed by atoms with van der Waals surface area (Å²) in [6, 6.07) is 5.23. The number of fused-ring (bicyclic) bond motifs is 1. The van der Waals surface area contributed by atoms with Gasteiger partial charge in [0.15, 0.2) is 0 Å². The van der Waals surface area contributed by atoms with Crippen LogP contribution >= 0.6 is 0 Å². The van der Waals surface area contributed by atoms with Crippen molar-refractivity contribution < 1.29 is 9.53 Å². The van der Waals surface area contributed by atoms with Gasteiger partial charge >= 0.3 is 0 Å².